The molecule has 1 saturated carbocycles. The maximum atomic E-state index is 13.4. The number of carbonyl (C=O) groups is 1. The molecule has 0 spiro atoms. The van der Waals surface area contributed by atoms with Gasteiger partial charge in [-0.3, -0.25) is 4.79 Å². The van der Waals surface area contributed by atoms with E-state index in [9.17, 15) is 18.0 Å². The number of halogens is 3. The third-order valence-electron chi connectivity index (χ3n) is 5.62. The second kappa shape index (κ2) is 9.66. The summed E-state index contributed by atoms with van der Waals surface area (Å²) in [5.74, 6) is 0.632. The summed E-state index contributed by atoms with van der Waals surface area (Å²) in [5, 5.41) is 3.03. The summed E-state index contributed by atoms with van der Waals surface area (Å²) in [6.07, 6.45) is -2.49. The van der Waals surface area contributed by atoms with Crippen LogP contribution in [0.15, 0.2) is 35.5 Å². The van der Waals surface area contributed by atoms with Crippen LogP contribution in [0.25, 0.3) is 0 Å². The monoisotopic (exact) mass is 465 g/mol. The molecule has 0 atom stereocenters. The molecule has 32 heavy (non-hydrogen) atoms. The fourth-order valence-electron chi connectivity index (χ4n) is 3.47. The first kappa shape index (κ1) is 22.8. The second-order valence-corrected chi connectivity index (χ2v) is 8.99. The van der Waals surface area contributed by atoms with Crippen molar-refractivity contribution >= 4 is 23.5 Å². The summed E-state index contributed by atoms with van der Waals surface area (Å²) in [5.41, 5.74) is 0.543. The molecule has 2 aromatic rings. The zero-order valence-corrected chi connectivity index (χ0v) is 18.7. The number of benzene rings is 1. The van der Waals surface area contributed by atoms with E-state index in [4.69, 9.17) is 0 Å². The summed E-state index contributed by atoms with van der Waals surface area (Å²) in [4.78, 5) is 24.4. The van der Waals surface area contributed by atoms with Crippen LogP contribution in [-0.4, -0.2) is 59.5 Å². The Kier molecular flexibility index (Phi) is 6.90. The van der Waals surface area contributed by atoms with Gasteiger partial charge in [-0.2, -0.15) is 13.2 Å². The highest BCUT2D eigenvalue weighted by Crippen LogP contribution is 2.32. The maximum absolute atomic E-state index is 13.4. The van der Waals surface area contributed by atoms with E-state index in [1.54, 1.807) is 12.1 Å². The number of likely N-dealkylation sites (N-methyl/N-ethyl adjacent to an activating group) is 1. The molecule has 1 saturated heterocycles. The van der Waals surface area contributed by atoms with Gasteiger partial charge < -0.3 is 15.1 Å². The summed E-state index contributed by atoms with van der Waals surface area (Å²) in [6, 6.07) is 8.42. The lowest BCUT2D eigenvalue weighted by Gasteiger charge is -2.35. The quantitative estimate of drug-likeness (QED) is 0.496. The number of hydrogen-bond acceptors (Lipinski definition) is 6. The lowest BCUT2D eigenvalue weighted by Crippen LogP contribution is -2.46. The lowest BCUT2D eigenvalue weighted by molar-refractivity contribution is -0.141. The predicted octanol–water partition coefficient (Wildman–Crippen LogP) is 3.82. The largest absolute Gasteiger partial charge is 0.433 e. The average Bonchev–Trinajstić information content (AvgIpc) is 3.61. The zero-order valence-electron chi connectivity index (χ0n) is 17.9. The maximum Gasteiger partial charge on any atom is 0.433 e. The average molecular weight is 466 g/mol. The minimum absolute atomic E-state index is 0.0965. The first-order chi connectivity index (χ1) is 15.3. The van der Waals surface area contributed by atoms with Crippen molar-refractivity contribution in [2.45, 2.75) is 42.9 Å². The Labute approximate surface area is 189 Å². The molecule has 0 unspecified atom stereocenters. The lowest BCUT2D eigenvalue weighted by atomic mass is 10.1. The van der Waals surface area contributed by atoms with Crippen molar-refractivity contribution in [1.82, 2.24) is 20.2 Å². The molecule has 0 radical (unpaired) electrons. The molecule has 1 N–H and O–H groups in total. The van der Waals surface area contributed by atoms with Gasteiger partial charge >= 0.3 is 6.18 Å². The van der Waals surface area contributed by atoms with Gasteiger partial charge in [0, 0.05) is 49.6 Å². The number of amides is 1. The highest BCUT2D eigenvalue weighted by Gasteiger charge is 2.34. The Bertz CT molecular complexity index is 942. The van der Waals surface area contributed by atoms with E-state index in [2.05, 4.69) is 27.1 Å². The molecule has 1 aromatic carbocycles. The predicted molar refractivity (Wildman–Crippen MR) is 118 cm³/mol. The number of aromatic nitrogens is 2. The number of nitrogens with zero attached hydrogens (tertiary/aromatic N) is 4. The molecule has 2 fully saturated rings. The van der Waals surface area contributed by atoms with Crippen molar-refractivity contribution in [3.8, 4) is 0 Å². The Morgan fingerprint density at radius 2 is 1.81 bits per heavy atom. The molecule has 4 rings (SSSR count). The van der Waals surface area contributed by atoms with Crippen LogP contribution >= 0.6 is 11.8 Å². The van der Waals surface area contributed by atoms with Gasteiger partial charge in [0.15, 0.2) is 10.9 Å². The molecule has 6 nitrogen and oxygen atoms in total. The second-order valence-electron chi connectivity index (χ2n) is 8.05. The number of alkyl halides is 3. The van der Waals surface area contributed by atoms with Crippen LogP contribution in [-0.2, 0) is 11.9 Å². The third-order valence-corrected chi connectivity index (χ3v) is 6.54. The van der Waals surface area contributed by atoms with Crippen LogP contribution < -0.4 is 10.2 Å². The fraction of sp³-hybridized carbons (Fsp3) is 0.500. The van der Waals surface area contributed by atoms with E-state index < -0.39 is 11.9 Å². The summed E-state index contributed by atoms with van der Waals surface area (Å²) in [7, 11) is 0. The van der Waals surface area contributed by atoms with Crippen molar-refractivity contribution in [2.24, 2.45) is 0 Å². The molecule has 2 aliphatic rings. The van der Waals surface area contributed by atoms with E-state index >= 15 is 0 Å². The number of hydrogen-bond donors (Lipinski definition) is 1. The van der Waals surface area contributed by atoms with Gasteiger partial charge in [-0.25, -0.2) is 9.97 Å². The van der Waals surface area contributed by atoms with Crippen molar-refractivity contribution < 1.29 is 18.0 Å². The van der Waals surface area contributed by atoms with Crippen LogP contribution in [0.1, 0.15) is 41.4 Å². The van der Waals surface area contributed by atoms with E-state index in [1.807, 2.05) is 17.0 Å². The number of piperazine rings is 1. The fourth-order valence-corrected chi connectivity index (χ4v) is 4.28. The summed E-state index contributed by atoms with van der Waals surface area (Å²) in [6.45, 7) is 5.86. The van der Waals surface area contributed by atoms with Crippen molar-refractivity contribution in [3.63, 3.8) is 0 Å². The van der Waals surface area contributed by atoms with E-state index in [0.717, 1.165) is 55.9 Å². The highest BCUT2D eigenvalue weighted by molar-refractivity contribution is 7.98. The first-order valence-electron chi connectivity index (χ1n) is 10.8. The first-order valence-corrected chi connectivity index (χ1v) is 11.8. The van der Waals surface area contributed by atoms with Gasteiger partial charge in [0.05, 0.1) is 0 Å². The molecule has 1 aliphatic heterocycles. The van der Waals surface area contributed by atoms with E-state index in [1.165, 1.54) is 0 Å². The van der Waals surface area contributed by atoms with Crippen LogP contribution in [0.4, 0.5) is 19.0 Å². The highest BCUT2D eigenvalue weighted by atomic mass is 32.2. The van der Waals surface area contributed by atoms with Gasteiger partial charge in [-0.15, -0.1) is 0 Å². The number of anilines is 1. The van der Waals surface area contributed by atoms with Gasteiger partial charge in [-0.1, -0.05) is 30.8 Å². The Hall–Kier alpha value is -2.33. The Morgan fingerprint density at radius 1 is 1.12 bits per heavy atom. The molecule has 10 heteroatoms. The molecule has 1 aliphatic carbocycles. The van der Waals surface area contributed by atoms with Crippen LogP contribution in [0.5, 0.6) is 0 Å². The Morgan fingerprint density at radius 3 is 2.41 bits per heavy atom. The standard InChI is InChI=1S/C22H26F3N5OS/c1-2-29-9-11-30(12-10-29)19-13-18(22(23,24)25)27-21(28-19)32-14-15-3-5-16(6-4-15)20(31)26-17-7-8-17/h3-6,13,17H,2,7-12,14H2,1H3,(H,26,31). The molecule has 172 valence electrons. The van der Waals surface area contributed by atoms with Crippen LogP contribution in [0, 0.1) is 0 Å². The minimum atomic E-state index is -4.53. The topological polar surface area (TPSA) is 61.4 Å². The molecule has 1 aromatic heterocycles. The molecule has 0 bridgehead atoms. The van der Waals surface area contributed by atoms with E-state index in [-0.39, 0.29) is 17.1 Å². The minimum Gasteiger partial charge on any atom is -0.354 e. The van der Waals surface area contributed by atoms with Gasteiger partial charge in [0.2, 0.25) is 0 Å². The van der Waals surface area contributed by atoms with E-state index in [0.29, 0.717) is 30.2 Å². The SMILES string of the molecule is CCN1CCN(c2cc(C(F)(F)F)nc(SCc3ccc(C(=O)NC4CC4)cc3)n2)CC1. The number of rotatable bonds is 7. The summed E-state index contributed by atoms with van der Waals surface area (Å²) < 4.78 is 40.3. The summed E-state index contributed by atoms with van der Waals surface area (Å²) >= 11 is 1.16. The van der Waals surface area contributed by atoms with Gasteiger partial charge in [0.1, 0.15) is 5.82 Å². The van der Waals surface area contributed by atoms with Crippen LogP contribution in [0.3, 0.4) is 0 Å². The normalized spacial score (nSPS) is 17.4. The molecular weight excluding hydrogens is 439 g/mol. The molecular formula is C22H26F3N5OS. The van der Waals surface area contributed by atoms with Crippen LogP contribution in [0.2, 0.25) is 0 Å². The zero-order chi connectivity index (χ0) is 22.7. The number of carbonyl (C=O) groups excluding carboxylic acids is 1. The number of nitrogens with one attached hydrogen (secondary N) is 1. The molecule has 2 heterocycles. The molecule has 1 amide bonds. The number of thioether (sulfide) groups is 1. The van der Waals surface area contributed by atoms with Crippen molar-refractivity contribution in [3.05, 3.63) is 47.2 Å². The van der Waals surface area contributed by atoms with Gasteiger partial charge in [0.25, 0.3) is 5.91 Å². The van der Waals surface area contributed by atoms with Crippen molar-refractivity contribution in [2.75, 3.05) is 37.6 Å². The van der Waals surface area contributed by atoms with Crippen molar-refractivity contribution in [1.29, 1.82) is 0 Å². The third kappa shape index (κ3) is 5.92. The smallest absolute Gasteiger partial charge is 0.354 e. The van der Waals surface area contributed by atoms with Gasteiger partial charge in [-0.05, 0) is 37.1 Å². The Balaban J connectivity index is 1.44.